The summed E-state index contributed by atoms with van der Waals surface area (Å²) in [5.74, 6) is 0.00709. The van der Waals surface area contributed by atoms with Gasteiger partial charge in [0.15, 0.2) is 5.78 Å². The van der Waals surface area contributed by atoms with Gasteiger partial charge in [0.2, 0.25) is 0 Å². The summed E-state index contributed by atoms with van der Waals surface area (Å²) in [5, 5.41) is 3.01. The van der Waals surface area contributed by atoms with Crippen LogP contribution in [0.4, 0.5) is 11.4 Å². The van der Waals surface area contributed by atoms with E-state index in [0.29, 0.717) is 16.8 Å². The van der Waals surface area contributed by atoms with Crippen molar-refractivity contribution < 1.29 is 4.79 Å². The van der Waals surface area contributed by atoms with Crippen LogP contribution < -0.4 is 11.1 Å². The van der Waals surface area contributed by atoms with Crippen molar-refractivity contribution in [2.45, 2.75) is 0 Å². The Hall–Kier alpha value is -2.29. The van der Waals surface area contributed by atoms with Crippen LogP contribution in [0, 0.1) is 0 Å². The van der Waals surface area contributed by atoms with Gasteiger partial charge in [0.05, 0.1) is 0 Å². The fourth-order valence-corrected chi connectivity index (χ4v) is 1.59. The molecule has 17 heavy (non-hydrogen) atoms. The predicted octanol–water partition coefficient (Wildman–Crippen LogP) is 2.54. The number of nitrogens with two attached hydrogens (primary N) is 1. The molecule has 0 radical (unpaired) electrons. The molecule has 0 aliphatic carbocycles. The van der Waals surface area contributed by atoms with Crippen LogP contribution in [0.2, 0.25) is 0 Å². The molecule has 0 atom stereocenters. The number of benzene rings is 2. The molecule has 3 nitrogen and oxygen atoms in total. The van der Waals surface area contributed by atoms with Crippen LogP contribution in [0.1, 0.15) is 15.9 Å². The molecule has 0 bridgehead atoms. The number of nitrogens with one attached hydrogen (secondary N) is 1. The summed E-state index contributed by atoms with van der Waals surface area (Å²) in [6.07, 6.45) is 0. The SMILES string of the molecule is CNc1ccc(C(=O)c2ccc(N)cc2)cc1. The minimum atomic E-state index is 0.00709. The van der Waals surface area contributed by atoms with E-state index in [1.165, 1.54) is 0 Å². The van der Waals surface area contributed by atoms with Crippen LogP contribution in [0.25, 0.3) is 0 Å². The molecule has 0 saturated heterocycles. The van der Waals surface area contributed by atoms with Crippen LogP contribution in [-0.2, 0) is 0 Å². The summed E-state index contributed by atoms with van der Waals surface area (Å²) in [5.41, 5.74) is 8.55. The van der Waals surface area contributed by atoms with Gasteiger partial charge in [0.25, 0.3) is 0 Å². The van der Waals surface area contributed by atoms with Crippen molar-refractivity contribution in [1.82, 2.24) is 0 Å². The monoisotopic (exact) mass is 226 g/mol. The van der Waals surface area contributed by atoms with Crippen molar-refractivity contribution in [2.24, 2.45) is 0 Å². The standard InChI is InChI=1S/C14H14N2O/c1-16-13-8-4-11(5-9-13)14(17)10-2-6-12(15)7-3-10/h2-9,16H,15H2,1H3. The number of rotatable bonds is 3. The van der Waals surface area contributed by atoms with E-state index in [4.69, 9.17) is 5.73 Å². The third-order valence-electron chi connectivity index (χ3n) is 2.61. The average molecular weight is 226 g/mol. The first kappa shape index (κ1) is 11.2. The summed E-state index contributed by atoms with van der Waals surface area (Å²) < 4.78 is 0. The minimum absolute atomic E-state index is 0.00709. The minimum Gasteiger partial charge on any atom is -0.399 e. The van der Waals surface area contributed by atoms with Crippen LogP contribution >= 0.6 is 0 Å². The maximum Gasteiger partial charge on any atom is 0.193 e. The number of ketones is 1. The summed E-state index contributed by atoms with van der Waals surface area (Å²) in [4.78, 5) is 12.1. The number of carbonyl (C=O) groups excluding carboxylic acids is 1. The molecule has 0 fully saturated rings. The Morgan fingerprint density at radius 1 is 0.941 bits per heavy atom. The van der Waals surface area contributed by atoms with Gasteiger partial charge < -0.3 is 11.1 Å². The molecule has 2 rings (SSSR count). The van der Waals surface area contributed by atoms with Gasteiger partial charge in [-0.25, -0.2) is 0 Å². The molecular formula is C14H14N2O. The lowest BCUT2D eigenvalue weighted by Crippen LogP contribution is -2.01. The largest absolute Gasteiger partial charge is 0.399 e. The van der Waals surface area contributed by atoms with Crippen molar-refractivity contribution >= 4 is 17.2 Å². The topological polar surface area (TPSA) is 55.1 Å². The Morgan fingerprint density at radius 2 is 1.41 bits per heavy atom. The van der Waals surface area contributed by atoms with Gasteiger partial charge >= 0.3 is 0 Å². The fraction of sp³-hybridized carbons (Fsp3) is 0.0714. The highest BCUT2D eigenvalue weighted by atomic mass is 16.1. The second-order valence-electron chi connectivity index (χ2n) is 3.78. The van der Waals surface area contributed by atoms with Crippen molar-refractivity contribution in [3.8, 4) is 0 Å². The number of hydrogen-bond acceptors (Lipinski definition) is 3. The smallest absolute Gasteiger partial charge is 0.193 e. The van der Waals surface area contributed by atoms with E-state index < -0.39 is 0 Å². The lowest BCUT2D eigenvalue weighted by Gasteiger charge is -2.03. The van der Waals surface area contributed by atoms with E-state index >= 15 is 0 Å². The van der Waals surface area contributed by atoms with Gasteiger partial charge in [-0.1, -0.05) is 0 Å². The summed E-state index contributed by atoms with van der Waals surface area (Å²) >= 11 is 0. The molecule has 2 aromatic rings. The maximum atomic E-state index is 12.1. The zero-order valence-corrected chi connectivity index (χ0v) is 9.60. The molecule has 0 spiro atoms. The normalized spacial score (nSPS) is 9.94. The maximum absolute atomic E-state index is 12.1. The molecular weight excluding hydrogens is 212 g/mol. The molecule has 0 amide bonds. The second kappa shape index (κ2) is 4.70. The lowest BCUT2D eigenvalue weighted by atomic mass is 10.0. The van der Waals surface area contributed by atoms with E-state index in [-0.39, 0.29) is 5.78 Å². The molecule has 3 N–H and O–H groups in total. The van der Waals surface area contributed by atoms with Gasteiger partial charge in [0, 0.05) is 29.5 Å². The number of hydrogen-bond donors (Lipinski definition) is 2. The van der Waals surface area contributed by atoms with E-state index in [2.05, 4.69) is 5.32 Å². The second-order valence-corrected chi connectivity index (χ2v) is 3.78. The first-order valence-corrected chi connectivity index (χ1v) is 5.39. The molecule has 0 aliphatic heterocycles. The number of carbonyl (C=O) groups is 1. The highest BCUT2D eigenvalue weighted by molar-refractivity contribution is 6.09. The predicted molar refractivity (Wildman–Crippen MR) is 70.3 cm³/mol. The lowest BCUT2D eigenvalue weighted by molar-refractivity contribution is 0.103. The highest BCUT2D eigenvalue weighted by Crippen LogP contribution is 2.14. The Labute approximate surface area is 100 Å². The van der Waals surface area contributed by atoms with Crippen LogP contribution in [-0.4, -0.2) is 12.8 Å². The van der Waals surface area contributed by atoms with Crippen LogP contribution in [0.3, 0.4) is 0 Å². The average Bonchev–Trinajstić information content (AvgIpc) is 2.39. The summed E-state index contributed by atoms with van der Waals surface area (Å²) in [6, 6.07) is 14.3. The van der Waals surface area contributed by atoms with E-state index in [0.717, 1.165) is 5.69 Å². The van der Waals surface area contributed by atoms with Gasteiger partial charge in [-0.3, -0.25) is 4.79 Å². The molecule has 0 aromatic heterocycles. The number of anilines is 2. The Balaban J connectivity index is 2.27. The van der Waals surface area contributed by atoms with Crippen LogP contribution in [0.15, 0.2) is 48.5 Å². The molecule has 86 valence electrons. The van der Waals surface area contributed by atoms with E-state index in [9.17, 15) is 4.79 Å². The zero-order chi connectivity index (χ0) is 12.3. The van der Waals surface area contributed by atoms with Gasteiger partial charge in [-0.05, 0) is 48.5 Å². The van der Waals surface area contributed by atoms with Crippen LogP contribution in [0.5, 0.6) is 0 Å². The van der Waals surface area contributed by atoms with Gasteiger partial charge in [-0.15, -0.1) is 0 Å². The molecule has 0 saturated carbocycles. The third kappa shape index (κ3) is 2.45. The van der Waals surface area contributed by atoms with Crippen molar-refractivity contribution in [1.29, 1.82) is 0 Å². The molecule has 2 aromatic carbocycles. The molecule has 0 aliphatic rings. The van der Waals surface area contributed by atoms with E-state index in [1.54, 1.807) is 24.3 Å². The quantitative estimate of drug-likeness (QED) is 0.624. The number of nitrogen functional groups attached to an aromatic ring is 1. The Morgan fingerprint density at radius 3 is 1.88 bits per heavy atom. The molecule has 0 unspecified atom stereocenters. The van der Waals surface area contributed by atoms with Crippen molar-refractivity contribution in [3.05, 3.63) is 59.7 Å². The zero-order valence-electron chi connectivity index (χ0n) is 9.60. The van der Waals surface area contributed by atoms with Gasteiger partial charge in [0.1, 0.15) is 0 Å². The molecule has 3 heteroatoms. The van der Waals surface area contributed by atoms with Gasteiger partial charge in [-0.2, -0.15) is 0 Å². The Bertz CT molecular complexity index is 515. The Kier molecular flexibility index (Phi) is 3.10. The van der Waals surface area contributed by atoms with Crippen molar-refractivity contribution in [3.63, 3.8) is 0 Å². The van der Waals surface area contributed by atoms with Crippen molar-refractivity contribution in [2.75, 3.05) is 18.1 Å². The fourth-order valence-electron chi connectivity index (χ4n) is 1.59. The van der Waals surface area contributed by atoms with E-state index in [1.807, 2.05) is 31.3 Å². The summed E-state index contributed by atoms with van der Waals surface area (Å²) in [7, 11) is 1.84. The highest BCUT2D eigenvalue weighted by Gasteiger charge is 2.08. The molecule has 0 heterocycles. The summed E-state index contributed by atoms with van der Waals surface area (Å²) in [6.45, 7) is 0. The third-order valence-corrected chi connectivity index (χ3v) is 2.61. The first-order chi connectivity index (χ1) is 8.20. The first-order valence-electron chi connectivity index (χ1n) is 5.39.